The zero-order chi connectivity index (χ0) is 27.8. The minimum atomic E-state index is -1.62. The molecule has 1 aliphatic heterocycles. The minimum absolute atomic E-state index is 0.0304. The molecule has 0 spiro atoms. The third-order valence-electron chi connectivity index (χ3n) is 7.36. The fourth-order valence-corrected chi connectivity index (χ4v) is 5.86. The zero-order valence-electron chi connectivity index (χ0n) is 23.8. The number of aromatic nitrogens is 1. The summed E-state index contributed by atoms with van der Waals surface area (Å²) in [6, 6.07) is 5.71. The number of amides is 2. The van der Waals surface area contributed by atoms with Crippen molar-refractivity contribution >= 4 is 33.9 Å². The minimum Gasteiger partial charge on any atom is -0.340 e. The Kier molecular flexibility index (Phi) is 10.9. The summed E-state index contributed by atoms with van der Waals surface area (Å²) >= 11 is -1.62. The highest BCUT2D eigenvalue weighted by Crippen LogP contribution is 2.42. The van der Waals surface area contributed by atoms with Gasteiger partial charge in [-0.05, 0) is 36.5 Å². The quantitative estimate of drug-likeness (QED) is 0.508. The van der Waals surface area contributed by atoms with Crippen molar-refractivity contribution in [1.29, 1.82) is 0 Å². The van der Waals surface area contributed by atoms with Crippen LogP contribution in [-0.4, -0.2) is 57.5 Å². The van der Waals surface area contributed by atoms with Gasteiger partial charge in [0.2, 0.25) is 5.91 Å². The number of hydrogen-bond donors (Lipinski definition) is 1. The highest BCUT2D eigenvalue weighted by Gasteiger charge is 2.29. The number of rotatable bonds is 4. The lowest BCUT2D eigenvalue weighted by atomic mass is 9.86. The van der Waals surface area contributed by atoms with Gasteiger partial charge in [0.1, 0.15) is 6.54 Å². The topological polar surface area (TPSA) is 74.6 Å². The molecule has 0 saturated heterocycles. The van der Waals surface area contributed by atoms with Crippen molar-refractivity contribution < 1.29 is 13.8 Å². The summed E-state index contributed by atoms with van der Waals surface area (Å²) in [6.45, 7) is 6.95. The largest absolute Gasteiger partial charge is 0.340 e. The average molecular weight is 541 g/mol. The molecule has 1 saturated carbocycles. The second kappa shape index (κ2) is 13.9. The first kappa shape index (κ1) is 29.8. The van der Waals surface area contributed by atoms with Gasteiger partial charge in [-0.3, -0.25) is 14.3 Å². The molecular weight excluding hydrogens is 496 g/mol. The first-order valence-electron chi connectivity index (χ1n) is 13.9. The van der Waals surface area contributed by atoms with Crippen molar-refractivity contribution in [2.75, 3.05) is 27.7 Å². The normalized spacial score (nSPS) is 21.5. The summed E-state index contributed by atoms with van der Waals surface area (Å²) in [5.74, 6) is 0.169. The maximum Gasteiger partial charge on any atom is 0.264 e. The monoisotopic (exact) mass is 540 g/mol. The molecule has 2 amide bonds. The van der Waals surface area contributed by atoms with E-state index in [0.29, 0.717) is 18.0 Å². The molecule has 2 unspecified atom stereocenters. The molecule has 38 heavy (non-hydrogen) atoms. The molecule has 2 aliphatic rings. The van der Waals surface area contributed by atoms with Gasteiger partial charge in [-0.15, -0.1) is 0 Å². The summed E-state index contributed by atoms with van der Waals surface area (Å²) in [5, 5.41) is 1.12. The van der Waals surface area contributed by atoms with Crippen LogP contribution in [0.4, 0.5) is 0 Å². The lowest BCUT2D eigenvalue weighted by molar-refractivity contribution is -0.130. The SMILES string of the molecule is CC.CC1/C=C\C=C/CN(C)C(=O)Cn2c1c(C1CCCCCC1)c1ccc(C(=O)NS(=O)N(C)C)cc12. The van der Waals surface area contributed by atoms with Crippen molar-refractivity contribution in [3.63, 3.8) is 0 Å². The maximum absolute atomic E-state index is 13.3. The molecule has 1 aliphatic carbocycles. The number of carbonyl (C=O) groups is 2. The molecule has 208 valence electrons. The Morgan fingerprint density at radius 2 is 1.76 bits per heavy atom. The molecule has 1 aromatic heterocycles. The van der Waals surface area contributed by atoms with Crippen molar-refractivity contribution in [2.24, 2.45) is 0 Å². The molecular formula is C30H44N4O3S. The number of carbonyl (C=O) groups excluding carboxylic acids is 2. The van der Waals surface area contributed by atoms with Crippen LogP contribution in [0.1, 0.15) is 92.7 Å². The van der Waals surface area contributed by atoms with Crippen molar-refractivity contribution in [1.82, 2.24) is 18.5 Å². The fraction of sp³-hybridized carbons (Fsp3) is 0.533. The van der Waals surface area contributed by atoms with E-state index < -0.39 is 17.1 Å². The van der Waals surface area contributed by atoms with Crippen LogP contribution in [0.15, 0.2) is 42.5 Å². The third kappa shape index (κ3) is 6.83. The van der Waals surface area contributed by atoms with Gasteiger partial charge in [0, 0.05) is 55.8 Å². The van der Waals surface area contributed by atoms with E-state index >= 15 is 0 Å². The van der Waals surface area contributed by atoms with E-state index in [-0.39, 0.29) is 18.4 Å². The Bertz CT molecular complexity index is 1210. The van der Waals surface area contributed by atoms with Gasteiger partial charge in [0.15, 0.2) is 11.2 Å². The Balaban J connectivity index is 0.00000195. The van der Waals surface area contributed by atoms with Crippen molar-refractivity contribution in [2.45, 2.75) is 77.7 Å². The van der Waals surface area contributed by atoms with Gasteiger partial charge in [0.05, 0.1) is 0 Å². The summed E-state index contributed by atoms with van der Waals surface area (Å²) in [6.07, 6.45) is 15.5. The Morgan fingerprint density at radius 3 is 2.42 bits per heavy atom. The average Bonchev–Trinajstić information content (AvgIpc) is 3.04. The number of allylic oxidation sites excluding steroid dienone is 3. The third-order valence-corrected chi connectivity index (χ3v) is 8.38. The molecule has 1 N–H and O–H groups in total. The predicted octanol–water partition coefficient (Wildman–Crippen LogP) is 5.66. The Morgan fingerprint density at radius 1 is 1.08 bits per heavy atom. The molecule has 8 heteroatoms. The molecule has 4 rings (SSSR count). The van der Waals surface area contributed by atoms with Crippen molar-refractivity contribution in [3.8, 4) is 0 Å². The van der Waals surface area contributed by atoms with Crippen LogP contribution in [-0.2, 0) is 22.5 Å². The van der Waals surface area contributed by atoms with Crippen LogP contribution in [0.25, 0.3) is 10.9 Å². The van der Waals surface area contributed by atoms with Gasteiger partial charge < -0.3 is 9.47 Å². The second-order valence-electron chi connectivity index (χ2n) is 10.2. The van der Waals surface area contributed by atoms with E-state index in [2.05, 4.69) is 28.4 Å². The molecule has 1 aromatic carbocycles. The lowest BCUT2D eigenvalue weighted by Crippen LogP contribution is -2.34. The molecule has 1 fully saturated rings. The molecule has 2 aromatic rings. The first-order valence-corrected chi connectivity index (χ1v) is 15.0. The molecule has 7 nitrogen and oxygen atoms in total. The smallest absolute Gasteiger partial charge is 0.264 e. The number of fused-ring (bicyclic) bond motifs is 3. The van der Waals surface area contributed by atoms with Gasteiger partial charge in [-0.2, -0.15) is 0 Å². The Hall–Kier alpha value is -2.71. The van der Waals surface area contributed by atoms with Gasteiger partial charge in [-0.1, -0.05) is 76.8 Å². The van der Waals surface area contributed by atoms with E-state index in [0.717, 1.165) is 23.7 Å². The molecule has 0 bridgehead atoms. The summed E-state index contributed by atoms with van der Waals surface area (Å²) in [4.78, 5) is 27.9. The maximum atomic E-state index is 13.3. The Labute approximate surface area is 230 Å². The van der Waals surface area contributed by atoms with Crippen LogP contribution in [0.3, 0.4) is 0 Å². The van der Waals surface area contributed by atoms with Crippen LogP contribution in [0.2, 0.25) is 0 Å². The van der Waals surface area contributed by atoms with Crippen molar-refractivity contribution in [3.05, 3.63) is 59.3 Å². The summed E-state index contributed by atoms with van der Waals surface area (Å²) in [5.41, 5.74) is 3.82. The van der Waals surface area contributed by atoms with Crippen LogP contribution in [0, 0.1) is 0 Å². The highest BCUT2D eigenvalue weighted by molar-refractivity contribution is 7.81. The predicted molar refractivity (Wildman–Crippen MR) is 157 cm³/mol. The number of benzene rings is 1. The number of nitrogens with zero attached hydrogens (tertiary/aromatic N) is 3. The highest BCUT2D eigenvalue weighted by atomic mass is 32.2. The molecule has 2 atom stereocenters. The zero-order valence-corrected chi connectivity index (χ0v) is 24.6. The molecule has 2 heterocycles. The molecule has 0 radical (unpaired) electrons. The van der Waals surface area contributed by atoms with Crippen LogP contribution >= 0.6 is 0 Å². The van der Waals surface area contributed by atoms with Gasteiger partial charge >= 0.3 is 0 Å². The number of nitrogens with one attached hydrogen (secondary N) is 1. The summed E-state index contributed by atoms with van der Waals surface area (Å²) < 4.78 is 18.3. The standard InChI is InChI=1S/C28H38N4O3S.C2H6/c1-20-12-8-7-11-17-31(4)25(33)19-32-24-18-22(28(34)29-36(35)30(2)3)15-16-23(24)26(27(20)32)21-13-9-5-6-10-14-21;1-2/h7-8,11-12,15-16,18,20-21H,5-6,9-10,13-14,17,19H2,1-4H3,(H,29,34);1-2H3/b11-7-,12-8-;. The lowest BCUT2D eigenvalue weighted by Gasteiger charge is -2.22. The van der Waals surface area contributed by atoms with E-state index in [1.54, 1.807) is 19.0 Å². The van der Waals surface area contributed by atoms with E-state index in [1.165, 1.54) is 41.2 Å². The van der Waals surface area contributed by atoms with Gasteiger partial charge in [-0.25, -0.2) is 8.51 Å². The number of hydrogen-bond acceptors (Lipinski definition) is 3. The first-order chi connectivity index (χ1) is 18.3. The van der Waals surface area contributed by atoms with E-state index in [9.17, 15) is 13.8 Å². The fourth-order valence-electron chi connectivity index (χ4n) is 5.40. The van der Waals surface area contributed by atoms with E-state index in [1.807, 2.05) is 51.2 Å². The summed E-state index contributed by atoms with van der Waals surface area (Å²) in [7, 11) is 5.12. The number of likely N-dealkylation sites (N-methyl/N-ethyl adjacent to an activating group) is 1. The van der Waals surface area contributed by atoms with Gasteiger partial charge in [0.25, 0.3) is 5.91 Å². The second-order valence-corrected chi connectivity index (χ2v) is 11.6. The van der Waals surface area contributed by atoms with Crippen LogP contribution < -0.4 is 4.72 Å². The van der Waals surface area contributed by atoms with E-state index in [4.69, 9.17) is 0 Å². The van der Waals surface area contributed by atoms with Crippen LogP contribution in [0.5, 0.6) is 0 Å².